The minimum Gasteiger partial charge on any atom is -0.496 e. The van der Waals surface area contributed by atoms with E-state index in [9.17, 15) is 4.79 Å². The van der Waals surface area contributed by atoms with E-state index in [1.165, 1.54) is 0 Å². The van der Waals surface area contributed by atoms with Crippen LogP contribution in [0.4, 0.5) is 0 Å². The molecule has 0 saturated carbocycles. The van der Waals surface area contributed by atoms with Crippen LogP contribution in [-0.4, -0.2) is 47.5 Å². The molecule has 6 nitrogen and oxygen atoms in total. The molecule has 152 valence electrons. The number of aromatic amines is 1. The molecule has 2 heterocycles. The van der Waals surface area contributed by atoms with Gasteiger partial charge >= 0.3 is 0 Å². The lowest BCUT2D eigenvalue weighted by Gasteiger charge is -2.30. The second-order valence-electron chi connectivity index (χ2n) is 7.60. The first-order chi connectivity index (χ1) is 14.2. The average Bonchev–Trinajstić information content (AvgIpc) is 3.17. The summed E-state index contributed by atoms with van der Waals surface area (Å²) in [6, 6.07) is 16.0. The molecule has 0 aliphatic carbocycles. The monoisotopic (exact) mass is 392 g/mol. The molecule has 1 aromatic heterocycles. The van der Waals surface area contributed by atoms with Crippen molar-refractivity contribution in [3.05, 3.63) is 59.9 Å². The number of aromatic nitrogens is 2. The number of ether oxygens (including phenoxy) is 1. The fourth-order valence-electron chi connectivity index (χ4n) is 4.02. The van der Waals surface area contributed by atoms with Gasteiger partial charge in [0.1, 0.15) is 11.6 Å². The predicted molar refractivity (Wildman–Crippen MR) is 114 cm³/mol. The topological polar surface area (TPSA) is 70.2 Å². The predicted octanol–water partition coefficient (Wildman–Crippen LogP) is 3.14. The number of carbonyl (C=O) groups is 1. The Balaban J connectivity index is 1.22. The number of piperidine rings is 1. The standard InChI is InChI=1S/C23H28N4O2/c1-29-21-9-5-2-6-17(21)10-13-24-23(28)18-11-14-27(15-12-18)16-22-25-19-7-3-4-8-20(19)26-22/h2-9,18H,10-16H2,1H3,(H,24,28)(H,25,26). The Morgan fingerprint density at radius 1 is 1.17 bits per heavy atom. The third-order valence-electron chi connectivity index (χ3n) is 5.66. The lowest BCUT2D eigenvalue weighted by molar-refractivity contribution is -0.126. The largest absolute Gasteiger partial charge is 0.496 e. The summed E-state index contributed by atoms with van der Waals surface area (Å²) in [6.07, 6.45) is 2.56. The number of H-pyrrole nitrogens is 1. The molecular weight excluding hydrogens is 364 g/mol. The van der Waals surface area contributed by atoms with Gasteiger partial charge in [-0.2, -0.15) is 0 Å². The number of nitrogens with one attached hydrogen (secondary N) is 2. The molecule has 0 atom stereocenters. The summed E-state index contributed by atoms with van der Waals surface area (Å²) in [5, 5.41) is 3.10. The normalized spacial score (nSPS) is 15.5. The maximum absolute atomic E-state index is 12.5. The van der Waals surface area contributed by atoms with Crippen LogP contribution in [0.25, 0.3) is 11.0 Å². The molecule has 0 unspecified atom stereocenters. The van der Waals surface area contributed by atoms with Gasteiger partial charge in [-0.1, -0.05) is 30.3 Å². The van der Waals surface area contributed by atoms with E-state index in [0.717, 1.165) is 67.1 Å². The Morgan fingerprint density at radius 3 is 2.72 bits per heavy atom. The number of amides is 1. The molecule has 1 aliphatic heterocycles. The summed E-state index contributed by atoms with van der Waals surface area (Å²) in [5.41, 5.74) is 3.20. The molecule has 29 heavy (non-hydrogen) atoms. The third kappa shape index (κ3) is 4.77. The molecule has 0 bridgehead atoms. The number of hydrogen-bond acceptors (Lipinski definition) is 4. The lowest BCUT2D eigenvalue weighted by atomic mass is 9.96. The molecule has 6 heteroatoms. The fraction of sp³-hybridized carbons (Fsp3) is 0.391. The van der Waals surface area contributed by atoms with Crippen molar-refractivity contribution in [2.45, 2.75) is 25.8 Å². The van der Waals surface area contributed by atoms with Crippen LogP contribution in [0, 0.1) is 5.92 Å². The quantitative estimate of drug-likeness (QED) is 0.648. The van der Waals surface area contributed by atoms with Gasteiger partial charge in [-0.25, -0.2) is 4.98 Å². The summed E-state index contributed by atoms with van der Waals surface area (Å²) < 4.78 is 5.37. The lowest BCUT2D eigenvalue weighted by Crippen LogP contribution is -2.40. The van der Waals surface area contributed by atoms with Gasteiger partial charge in [-0.15, -0.1) is 0 Å². The second kappa shape index (κ2) is 9.09. The Hall–Kier alpha value is -2.86. The highest BCUT2D eigenvalue weighted by Crippen LogP contribution is 2.20. The second-order valence-corrected chi connectivity index (χ2v) is 7.60. The number of nitrogens with zero attached hydrogens (tertiary/aromatic N) is 2. The van der Waals surface area contributed by atoms with Crippen molar-refractivity contribution in [3.8, 4) is 5.75 Å². The zero-order chi connectivity index (χ0) is 20.1. The van der Waals surface area contributed by atoms with Gasteiger partial charge in [0.05, 0.1) is 24.7 Å². The van der Waals surface area contributed by atoms with Crippen LogP contribution in [0.15, 0.2) is 48.5 Å². The summed E-state index contributed by atoms with van der Waals surface area (Å²) >= 11 is 0. The minimum atomic E-state index is 0.0968. The van der Waals surface area contributed by atoms with E-state index in [1.807, 2.05) is 48.5 Å². The SMILES string of the molecule is COc1ccccc1CCNC(=O)C1CCN(Cc2nc3ccccc3[nH]2)CC1. The Bertz CT molecular complexity index is 927. The molecule has 1 saturated heterocycles. The van der Waals surface area contributed by atoms with Crippen molar-refractivity contribution in [2.24, 2.45) is 5.92 Å². The van der Waals surface area contributed by atoms with E-state index in [2.05, 4.69) is 20.2 Å². The minimum absolute atomic E-state index is 0.0968. The summed E-state index contributed by atoms with van der Waals surface area (Å²) in [7, 11) is 1.68. The van der Waals surface area contributed by atoms with Crippen molar-refractivity contribution < 1.29 is 9.53 Å². The van der Waals surface area contributed by atoms with Gasteiger partial charge in [0.25, 0.3) is 0 Å². The van der Waals surface area contributed by atoms with Crippen LogP contribution in [0.1, 0.15) is 24.2 Å². The number of carbonyl (C=O) groups excluding carboxylic acids is 1. The smallest absolute Gasteiger partial charge is 0.223 e. The molecular formula is C23H28N4O2. The van der Waals surface area contributed by atoms with Gasteiger partial charge in [0, 0.05) is 12.5 Å². The number of hydrogen-bond donors (Lipinski definition) is 2. The molecule has 4 rings (SSSR count). The first-order valence-electron chi connectivity index (χ1n) is 10.3. The fourth-order valence-corrected chi connectivity index (χ4v) is 4.02. The molecule has 1 aliphatic rings. The van der Waals surface area contributed by atoms with E-state index in [0.29, 0.717) is 6.54 Å². The maximum atomic E-state index is 12.5. The van der Waals surface area contributed by atoms with Crippen LogP contribution in [0.3, 0.4) is 0 Å². The van der Waals surface area contributed by atoms with Crippen LogP contribution < -0.4 is 10.1 Å². The number of rotatable bonds is 7. The number of imidazole rings is 1. The number of methoxy groups -OCH3 is 1. The molecule has 1 amide bonds. The molecule has 0 radical (unpaired) electrons. The number of para-hydroxylation sites is 3. The molecule has 1 fully saturated rings. The third-order valence-corrected chi connectivity index (χ3v) is 5.66. The molecule has 2 N–H and O–H groups in total. The molecule has 2 aromatic carbocycles. The average molecular weight is 393 g/mol. The highest BCUT2D eigenvalue weighted by molar-refractivity contribution is 5.78. The first kappa shape index (κ1) is 19.5. The number of benzene rings is 2. The van der Waals surface area contributed by atoms with Crippen molar-refractivity contribution in [3.63, 3.8) is 0 Å². The van der Waals surface area contributed by atoms with Crippen molar-refractivity contribution in [1.82, 2.24) is 20.2 Å². The maximum Gasteiger partial charge on any atom is 0.223 e. The van der Waals surface area contributed by atoms with Gasteiger partial charge in [-0.3, -0.25) is 9.69 Å². The Labute approximate surface area is 171 Å². The molecule has 0 spiro atoms. The van der Waals surface area contributed by atoms with Crippen LogP contribution in [0.5, 0.6) is 5.75 Å². The first-order valence-corrected chi connectivity index (χ1v) is 10.3. The number of fused-ring (bicyclic) bond motifs is 1. The highest BCUT2D eigenvalue weighted by Gasteiger charge is 2.25. The Kier molecular flexibility index (Phi) is 6.10. The zero-order valence-corrected chi connectivity index (χ0v) is 16.9. The highest BCUT2D eigenvalue weighted by atomic mass is 16.5. The van der Waals surface area contributed by atoms with Crippen molar-refractivity contribution >= 4 is 16.9 Å². The Morgan fingerprint density at radius 2 is 1.93 bits per heavy atom. The summed E-state index contributed by atoms with van der Waals surface area (Å²) in [5.74, 6) is 2.13. The van der Waals surface area contributed by atoms with Gasteiger partial charge < -0.3 is 15.0 Å². The van der Waals surface area contributed by atoms with E-state index >= 15 is 0 Å². The van der Waals surface area contributed by atoms with E-state index in [4.69, 9.17) is 4.74 Å². The van der Waals surface area contributed by atoms with E-state index < -0.39 is 0 Å². The van der Waals surface area contributed by atoms with Crippen molar-refractivity contribution in [1.29, 1.82) is 0 Å². The number of likely N-dealkylation sites (tertiary alicyclic amines) is 1. The summed E-state index contributed by atoms with van der Waals surface area (Å²) in [6.45, 7) is 3.28. The van der Waals surface area contributed by atoms with Gasteiger partial charge in [-0.05, 0) is 56.1 Å². The van der Waals surface area contributed by atoms with Crippen LogP contribution in [0.2, 0.25) is 0 Å². The molecule has 3 aromatic rings. The van der Waals surface area contributed by atoms with E-state index in [1.54, 1.807) is 7.11 Å². The zero-order valence-electron chi connectivity index (χ0n) is 16.9. The van der Waals surface area contributed by atoms with Gasteiger partial charge in [0.2, 0.25) is 5.91 Å². The van der Waals surface area contributed by atoms with E-state index in [-0.39, 0.29) is 11.8 Å². The van der Waals surface area contributed by atoms with Crippen molar-refractivity contribution in [2.75, 3.05) is 26.7 Å². The summed E-state index contributed by atoms with van der Waals surface area (Å²) in [4.78, 5) is 23.0. The van der Waals surface area contributed by atoms with Gasteiger partial charge in [0.15, 0.2) is 0 Å². The van der Waals surface area contributed by atoms with Crippen LogP contribution in [-0.2, 0) is 17.8 Å². The van der Waals surface area contributed by atoms with Crippen LogP contribution >= 0.6 is 0 Å².